The molecule has 0 aliphatic carbocycles. The van der Waals surface area contributed by atoms with Crippen LogP contribution in [0.15, 0.2) is 64.1 Å². The van der Waals surface area contributed by atoms with Crippen LogP contribution in [0.3, 0.4) is 0 Å². The first kappa shape index (κ1) is 19.9. The van der Waals surface area contributed by atoms with Crippen LogP contribution in [0.25, 0.3) is 0 Å². The van der Waals surface area contributed by atoms with Gasteiger partial charge in [-0.2, -0.15) is 0 Å². The lowest BCUT2D eigenvalue weighted by Gasteiger charge is -2.21. The lowest BCUT2D eigenvalue weighted by molar-refractivity contribution is 0.0921. The molecule has 1 aliphatic heterocycles. The second-order valence-corrected chi connectivity index (χ2v) is 7.54. The highest BCUT2D eigenvalue weighted by Gasteiger charge is 2.13. The van der Waals surface area contributed by atoms with Gasteiger partial charge < -0.3 is 19.2 Å². The van der Waals surface area contributed by atoms with E-state index in [-0.39, 0.29) is 23.8 Å². The normalized spacial score (nSPS) is 14.3. The summed E-state index contributed by atoms with van der Waals surface area (Å²) in [6.07, 6.45) is 8.50. The van der Waals surface area contributed by atoms with Gasteiger partial charge in [0.2, 0.25) is 0 Å². The predicted molar refractivity (Wildman–Crippen MR) is 115 cm³/mol. The average Bonchev–Trinajstić information content (AvgIpc) is 3.06. The first-order valence-electron chi connectivity index (χ1n) is 10.4. The number of hydrogen-bond acceptors (Lipinski definition) is 5. The highest BCUT2D eigenvalue weighted by atomic mass is 16.4. The van der Waals surface area contributed by atoms with E-state index in [1.165, 1.54) is 36.3 Å². The molecule has 1 saturated heterocycles. The smallest absolute Gasteiger partial charge is 0.287 e. The molecular formula is C23H26N4O3. The van der Waals surface area contributed by atoms with Crippen molar-refractivity contribution in [3.8, 4) is 0 Å². The Balaban J connectivity index is 1.32. The Morgan fingerprint density at radius 3 is 2.60 bits per heavy atom. The van der Waals surface area contributed by atoms with Gasteiger partial charge in [0.1, 0.15) is 11.6 Å². The van der Waals surface area contributed by atoms with Gasteiger partial charge in [0, 0.05) is 38.1 Å². The summed E-state index contributed by atoms with van der Waals surface area (Å²) in [6.45, 7) is 2.77. The van der Waals surface area contributed by atoms with E-state index >= 15 is 0 Å². The van der Waals surface area contributed by atoms with Gasteiger partial charge in [-0.25, -0.2) is 4.98 Å². The van der Waals surface area contributed by atoms with Gasteiger partial charge in [-0.15, -0.1) is 0 Å². The summed E-state index contributed by atoms with van der Waals surface area (Å²) in [6, 6.07) is 12.3. The third-order valence-electron chi connectivity index (χ3n) is 5.30. The molecule has 1 amide bonds. The molecule has 3 aromatic rings. The third kappa shape index (κ3) is 4.97. The number of aromatic nitrogens is 2. The summed E-state index contributed by atoms with van der Waals surface area (Å²) >= 11 is 0. The maximum absolute atomic E-state index is 12.4. The monoisotopic (exact) mass is 406 g/mol. The average molecular weight is 406 g/mol. The first-order chi connectivity index (χ1) is 14.7. The van der Waals surface area contributed by atoms with E-state index in [0.29, 0.717) is 12.3 Å². The topological polar surface area (TPSA) is 80.4 Å². The molecule has 0 radical (unpaired) electrons. The number of furan rings is 1. The number of carbonyl (C=O) groups excluding carboxylic acids is 1. The molecule has 1 aliphatic rings. The Hall–Kier alpha value is -3.35. The quantitative estimate of drug-likeness (QED) is 0.680. The van der Waals surface area contributed by atoms with Gasteiger partial charge in [-0.3, -0.25) is 9.59 Å². The summed E-state index contributed by atoms with van der Waals surface area (Å²) in [5, 5.41) is 2.86. The Morgan fingerprint density at radius 2 is 1.87 bits per heavy atom. The van der Waals surface area contributed by atoms with Crippen LogP contribution in [0, 0.1) is 0 Å². The van der Waals surface area contributed by atoms with Crippen molar-refractivity contribution in [2.24, 2.45) is 0 Å². The Morgan fingerprint density at radius 1 is 1.03 bits per heavy atom. The van der Waals surface area contributed by atoms with Crippen LogP contribution in [0.4, 0.5) is 5.82 Å². The fourth-order valence-corrected chi connectivity index (χ4v) is 3.62. The van der Waals surface area contributed by atoms with Crippen molar-refractivity contribution in [1.29, 1.82) is 0 Å². The fraction of sp³-hybridized carbons (Fsp3) is 0.348. The van der Waals surface area contributed by atoms with Crippen LogP contribution < -0.4 is 15.8 Å². The predicted octanol–water partition coefficient (Wildman–Crippen LogP) is 3.20. The number of pyridine rings is 2. The van der Waals surface area contributed by atoms with Crippen molar-refractivity contribution in [3.63, 3.8) is 0 Å². The molecule has 4 rings (SSSR count). The summed E-state index contributed by atoms with van der Waals surface area (Å²) < 4.78 is 7.13. The van der Waals surface area contributed by atoms with Gasteiger partial charge in [0.25, 0.3) is 11.5 Å². The van der Waals surface area contributed by atoms with Gasteiger partial charge >= 0.3 is 0 Å². The molecular weight excluding hydrogens is 380 g/mol. The second kappa shape index (κ2) is 9.43. The number of amides is 1. The maximum atomic E-state index is 12.4. The zero-order valence-corrected chi connectivity index (χ0v) is 16.9. The van der Waals surface area contributed by atoms with E-state index in [0.717, 1.165) is 24.5 Å². The minimum absolute atomic E-state index is 0.115. The molecule has 3 aromatic heterocycles. The van der Waals surface area contributed by atoms with Crippen molar-refractivity contribution in [2.75, 3.05) is 18.0 Å². The molecule has 30 heavy (non-hydrogen) atoms. The molecule has 0 unspecified atom stereocenters. The van der Waals surface area contributed by atoms with Gasteiger partial charge in [-0.1, -0.05) is 25.0 Å². The van der Waals surface area contributed by atoms with E-state index in [1.807, 2.05) is 18.3 Å². The molecule has 0 atom stereocenters. The number of hydrogen-bond donors (Lipinski definition) is 1. The summed E-state index contributed by atoms with van der Waals surface area (Å²) in [5.41, 5.74) is 0.820. The van der Waals surface area contributed by atoms with Crippen molar-refractivity contribution in [1.82, 2.24) is 14.9 Å². The SMILES string of the molecule is O=C(NCc1ccc(N2CCCCCC2)nc1)c1ccc(Cn2ccccc2=O)o1. The summed E-state index contributed by atoms with van der Waals surface area (Å²) in [7, 11) is 0. The third-order valence-corrected chi connectivity index (χ3v) is 5.30. The van der Waals surface area contributed by atoms with Gasteiger partial charge in [-0.05, 0) is 42.7 Å². The maximum Gasteiger partial charge on any atom is 0.287 e. The Kier molecular flexibility index (Phi) is 6.27. The van der Waals surface area contributed by atoms with E-state index in [1.54, 1.807) is 30.5 Å². The minimum Gasteiger partial charge on any atom is -0.454 e. The lowest BCUT2D eigenvalue weighted by Crippen LogP contribution is -2.25. The van der Waals surface area contributed by atoms with Crippen LogP contribution in [0.5, 0.6) is 0 Å². The largest absolute Gasteiger partial charge is 0.454 e. The van der Waals surface area contributed by atoms with Crippen LogP contribution >= 0.6 is 0 Å². The van der Waals surface area contributed by atoms with Crippen LogP contribution in [0.1, 0.15) is 47.6 Å². The van der Waals surface area contributed by atoms with Crippen LogP contribution in [-0.4, -0.2) is 28.5 Å². The summed E-state index contributed by atoms with van der Waals surface area (Å²) in [5.74, 6) is 1.48. The zero-order valence-electron chi connectivity index (χ0n) is 16.9. The number of carbonyl (C=O) groups is 1. The van der Waals surface area contributed by atoms with E-state index in [9.17, 15) is 9.59 Å². The molecule has 0 bridgehead atoms. The molecule has 0 saturated carbocycles. The van der Waals surface area contributed by atoms with E-state index < -0.39 is 0 Å². The molecule has 0 aromatic carbocycles. The van der Waals surface area contributed by atoms with Crippen molar-refractivity contribution in [3.05, 3.63) is 82.3 Å². The minimum atomic E-state index is -0.293. The van der Waals surface area contributed by atoms with E-state index in [4.69, 9.17) is 4.42 Å². The molecule has 156 valence electrons. The van der Waals surface area contributed by atoms with Crippen LogP contribution in [0.2, 0.25) is 0 Å². The molecule has 1 fully saturated rings. The lowest BCUT2D eigenvalue weighted by atomic mass is 10.2. The number of rotatable bonds is 6. The molecule has 4 heterocycles. The van der Waals surface area contributed by atoms with Crippen molar-refractivity contribution < 1.29 is 9.21 Å². The standard InChI is InChI=1S/C23H26N4O3/c28-22-7-3-6-14-27(22)17-19-9-10-20(30-19)23(29)25-16-18-8-11-21(24-15-18)26-12-4-1-2-5-13-26/h3,6-11,14-15H,1-2,4-5,12-13,16-17H2,(H,25,29). The highest BCUT2D eigenvalue weighted by molar-refractivity contribution is 5.91. The summed E-state index contributed by atoms with van der Waals surface area (Å²) in [4.78, 5) is 31.1. The Bertz CT molecular complexity index is 1030. The first-order valence-corrected chi connectivity index (χ1v) is 10.4. The highest BCUT2D eigenvalue weighted by Crippen LogP contribution is 2.17. The molecule has 7 heteroatoms. The number of nitrogens with zero attached hydrogens (tertiary/aromatic N) is 3. The van der Waals surface area contributed by atoms with Crippen molar-refractivity contribution >= 4 is 11.7 Å². The molecule has 0 spiro atoms. The van der Waals surface area contributed by atoms with Gasteiger partial charge in [0.15, 0.2) is 5.76 Å². The van der Waals surface area contributed by atoms with E-state index in [2.05, 4.69) is 15.2 Å². The van der Waals surface area contributed by atoms with Crippen LogP contribution in [-0.2, 0) is 13.1 Å². The molecule has 1 N–H and O–H groups in total. The zero-order chi connectivity index (χ0) is 20.8. The number of nitrogens with one attached hydrogen (secondary N) is 1. The van der Waals surface area contributed by atoms with Gasteiger partial charge in [0.05, 0.1) is 6.54 Å². The molecule has 7 nitrogen and oxygen atoms in total. The fourth-order valence-electron chi connectivity index (χ4n) is 3.62. The van der Waals surface area contributed by atoms with Crippen molar-refractivity contribution in [2.45, 2.75) is 38.8 Å². The second-order valence-electron chi connectivity index (χ2n) is 7.54. The Labute approximate surface area is 175 Å². The number of anilines is 1.